The minimum atomic E-state index is -0.00622. The summed E-state index contributed by atoms with van der Waals surface area (Å²) in [5, 5.41) is 0. The predicted molar refractivity (Wildman–Crippen MR) is 168 cm³/mol. The Hall–Kier alpha value is -4.34. The van der Waals surface area contributed by atoms with Crippen molar-refractivity contribution in [1.29, 1.82) is 0 Å². The smallest absolute Gasteiger partial charge is 0.252 e. The third-order valence-electron chi connectivity index (χ3n) is 7.48. The number of para-hydroxylation sites is 1. The highest BCUT2D eigenvalue weighted by molar-refractivity contribution is 9.10. The van der Waals surface area contributed by atoms with Crippen LogP contribution in [0, 0.1) is 0 Å². The maximum absolute atomic E-state index is 6.46. The summed E-state index contributed by atoms with van der Waals surface area (Å²) in [5.41, 5.74) is 10.9. The molecular weight excluding hydrogens is 539 g/mol. The van der Waals surface area contributed by atoms with Gasteiger partial charge < -0.3 is 4.74 Å². The fraction of sp³-hybridized carbons (Fsp3) is 0. The van der Waals surface area contributed by atoms with Crippen molar-refractivity contribution in [1.82, 2.24) is 0 Å². The Labute approximate surface area is 238 Å². The van der Waals surface area contributed by atoms with Gasteiger partial charge in [0.2, 0.25) is 0 Å². The molecule has 6 aromatic rings. The average Bonchev–Trinajstić information content (AvgIpc) is 3.00. The Morgan fingerprint density at radius 1 is 0.436 bits per heavy atom. The normalized spacial score (nSPS) is 11.9. The molecule has 1 aliphatic rings. The van der Waals surface area contributed by atoms with Gasteiger partial charge in [0.15, 0.2) is 0 Å². The summed E-state index contributed by atoms with van der Waals surface area (Å²) < 4.78 is 7.47. The summed E-state index contributed by atoms with van der Waals surface area (Å²) in [5.74, 6) is 1.79. The van der Waals surface area contributed by atoms with E-state index in [1.165, 1.54) is 49.8 Å². The first-order valence-electron chi connectivity index (χ1n) is 13.2. The number of benzene rings is 6. The highest BCUT2D eigenvalue weighted by atomic mass is 79.9. The molecule has 1 nitrogen and oxygen atoms in total. The molecule has 6 aromatic carbocycles. The van der Waals surface area contributed by atoms with Crippen LogP contribution in [0.15, 0.2) is 150 Å². The quantitative estimate of drug-likeness (QED) is 0.197. The number of rotatable bonds is 4. The summed E-state index contributed by atoms with van der Waals surface area (Å²) in [7, 11) is 0. The van der Waals surface area contributed by atoms with E-state index in [-0.39, 0.29) is 6.71 Å². The van der Waals surface area contributed by atoms with E-state index in [0.29, 0.717) is 0 Å². The summed E-state index contributed by atoms with van der Waals surface area (Å²) in [6.07, 6.45) is 0. The van der Waals surface area contributed by atoms with E-state index in [1.54, 1.807) is 0 Å². The second-order valence-corrected chi connectivity index (χ2v) is 10.8. The number of ether oxygens (including phenoxy) is 1. The molecule has 0 saturated carbocycles. The highest BCUT2D eigenvalue weighted by Crippen LogP contribution is 2.34. The Morgan fingerprint density at radius 3 is 1.56 bits per heavy atom. The molecule has 1 aliphatic heterocycles. The van der Waals surface area contributed by atoms with E-state index in [1.807, 2.05) is 6.07 Å². The lowest BCUT2D eigenvalue weighted by Gasteiger charge is -2.30. The number of hydrogen-bond donors (Lipinski definition) is 0. The predicted octanol–water partition coefficient (Wildman–Crippen LogP) is 8.07. The summed E-state index contributed by atoms with van der Waals surface area (Å²) >= 11 is 3.66. The van der Waals surface area contributed by atoms with Crippen LogP contribution in [0.4, 0.5) is 0 Å². The van der Waals surface area contributed by atoms with Gasteiger partial charge in [-0.15, -0.1) is 0 Å². The zero-order valence-electron chi connectivity index (χ0n) is 21.2. The SMILES string of the molecule is Brc1ccc2c(c1)Oc1ccccc1B2c1c(-c2ccccc2)cc(-c2ccccc2)cc1-c1ccccc1. The number of hydrogen-bond acceptors (Lipinski definition) is 1. The second kappa shape index (κ2) is 10.1. The molecular formula is C36H24BBrO. The van der Waals surface area contributed by atoms with Crippen LogP contribution in [0.3, 0.4) is 0 Å². The maximum Gasteiger partial charge on any atom is 0.252 e. The average molecular weight is 563 g/mol. The maximum atomic E-state index is 6.46. The van der Waals surface area contributed by atoms with Crippen LogP contribution in [0.1, 0.15) is 0 Å². The van der Waals surface area contributed by atoms with Crippen molar-refractivity contribution < 1.29 is 4.74 Å². The van der Waals surface area contributed by atoms with E-state index in [0.717, 1.165) is 16.0 Å². The molecule has 0 atom stereocenters. The molecule has 0 spiro atoms. The van der Waals surface area contributed by atoms with Gasteiger partial charge in [-0.05, 0) is 74.6 Å². The van der Waals surface area contributed by atoms with Crippen LogP contribution in [0.25, 0.3) is 33.4 Å². The van der Waals surface area contributed by atoms with Crippen LogP contribution in [0.2, 0.25) is 0 Å². The molecule has 184 valence electrons. The van der Waals surface area contributed by atoms with Gasteiger partial charge in [-0.1, -0.05) is 137 Å². The molecule has 0 bridgehead atoms. The van der Waals surface area contributed by atoms with Crippen LogP contribution in [-0.2, 0) is 0 Å². The van der Waals surface area contributed by atoms with Gasteiger partial charge in [0, 0.05) is 4.47 Å². The fourth-order valence-electron chi connectivity index (χ4n) is 5.72. The van der Waals surface area contributed by atoms with E-state index >= 15 is 0 Å². The third kappa shape index (κ3) is 4.39. The van der Waals surface area contributed by atoms with E-state index in [9.17, 15) is 0 Å². The first-order valence-corrected chi connectivity index (χ1v) is 14.0. The van der Waals surface area contributed by atoms with E-state index in [2.05, 4.69) is 155 Å². The first kappa shape index (κ1) is 23.8. The molecule has 1 heterocycles. The Balaban J connectivity index is 1.61. The lowest BCUT2D eigenvalue weighted by atomic mass is 9.34. The van der Waals surface area contributed by atoms with Crippen molar-refractivity contribution in [2.75, 3.05) is 0 Å². The molecule has 3 heteroatoms. The summed E-state index contributed by atoms with van der Waals surface area (Å²) in [4.78, 5) is 0. The van der Waals surface area contributed by atoms with Gasteiger partial charge in [-0.25, -0.2) is 0 Å². The number of halogens is 1. The van der Waals surface area contributed by atoms with Gasteiger partial charge >= 0.3 is 0 Å². The monoisotopic (exact) mass is 562 g/mol. The van der Waals surface area contributed by atoms with Gasteiger partial charge in [0.25, 0.3) is 6.71 Å². The van der Waals surface area contributed by atoms with E-state index in [4.69, 9.17) is 4.74 Å². The standard InChI is InChI=1S/C36H24BBrO/c38-29-20-21-33-35(24-29)39-34-19-11-10-18-32(34)37(33)36-30(26-14-6-2-7-15-26)22-28(25-12-4-1-5-13-25)23-31(36)27-16-8-3-9-17-27/h1-24H. The van der Waals surface area contributed by atoms with Gasteiger partial charge in [0.1, 0.15) is 11.5 Å². The lowest BCUT2D eigenvalue weighted by molar-refractivity contribution is 0.487. The zero-order chi connectivity index (χ0) is 26.2. The third-order valence-corrected chi connectivity index (χ3v) is 7.98. The minimum Gasteiger partial charge on any atom is -0.458 e. The highest BCUT2D eigenvalue weighted by Gasteiger charge is 2.36. The zero-order valence-corrected chi connectivity index (χ0v) is 22.8. The second-order valence-electron chi connectivity index (χ2n) is 9.84. The van der Waals surface area contributed by atoms with Gasteiger partial charge in [-0.2, -0.15) is 0 Å². The van der Waals surface area contributed by atoms with Crippen molar-refractivity contribution in [2.24, 2.45) is 0 Å². The fourth-order valence-corrected chi connectivity index (χ4v) is 6.06. The van der Waals surface area contributed by atoms with Gasteiger partial charge in [0.05, 0.1) is 0 Å². The molecule has 0 N–H and O–H groups in total. The van der Waals surface area contributed by atoms with Crippen molar-refractivity contribution >= 4 is 39.0 Å². The molecule has 0 saturated heterocycles. The van der Waals surface area contributed by atoms with Crippen LogP contribution in [0.5, 0.6) is 11.5 Å². The molecule has 0 aliphatic carbocycles. The summed E-state index contributed by atoms with van der Waals surface area (Å²) in [6.45, 7) is -0.00622. The van der Waals surface area contributed by atoms with Crippen molar-refractivity contribution in [3.05, 3.63) is 150 Å². The molecule has 39 heavy (non-hydrogen) atoms. The van der Waals surface area contributed by atoms with E-state index < -0.39 is 0 Å². The van der Waals surface area contributed by atoms with Crippen LogP contribution in [-0.4, -0.2) is 6.71 Å². The molecule has 0 aromatic heterocycles. The molecule has 0 radical (unpaired) electrons. The van der Waals surface area contributed by atoms with Crippen molar-refractivity contribution in [3.8, 4) is 44.9 Å². The van der Waals surface area contributed by atoms with Crippen molar-refractivity contribution in [2.45, 2.75) is 0 Å². The molecule has 0 amide bonds. The topological polar surface area (TPSA) is 9.23 Å². The lowest BCUT2D eigenvalue weighted by Crippen LogP contribution is -2.56. The number of fused-ring (bicyclic) bond motifs is 2. The summed E-state index contributed by atoms with van der Waals surface area (Å²) in [6, 6.07) is 51.8. The molecule has 7 rings (SSSR count). The van der Waals surface area contributed by atoms with Crippen LogP contribution >= 0.6 is 15.9 Å². The largest absolute Gasteiger partial charge is 0.458 e. The van der Waals surface area contributed by atoms with Crippen LogP contribution < -0.4 is 21.1 Å². The first-order chi connectivity index (χ1) is 19.3. The van der Waals surface area contributed by atoms with Gasteiger partial charge in [-0.3, -0.25) is 0 Å². The molecule has 0 unspecified atom stereocenters. The minimum absolute atomic E-state index is 0.00622. The molecule has 0 fully saturated rings. The Kier molecular flexibility index (Phi) is 6.15. The Bertz CT molecular complexity index is 1720. The Morgan fingerprint density at radius 2 is 0.949 bits per heavy atom. The van der Waals surface area contributed by atoms with Crippen molar-refractivity contribution in [3.63, 3.8) is 0 Å².